The number of carbonyl (C=O) groups excluding carboxylic acids is 6. The van der Waals surface area contributed by atoms with E-state index in [2.05, 4.69) is 0 Å². The highest BCUT2D eigenvalue weighted by molar-refractivity contribution is 5.89. The number of ketones is 1. The molecule has 2 N–H and O–H groups in total. The van der Waals surface area contributed by atoms with Gasteiger partial charge in [0.2, 0.25) is 0 Å². The summed E-state index contributed by atoms with van der Waals surface area (Å²) >= 11 is 0. The van der Waals surface area contributed by atoms with Gasteiger partial charge in [0.15, 0.2) is 42.8 Å². The molecule has 0 aliphatic carbocycles. The first-order valence-electron chi connectivity index (χ1n) is 20.9. The van der Waals surface area contributed by atoms with E-state index in [9.17, 15) is 39.0 Å². The second-order valence-electron chi connectivity index (χ2n) is 15.3. The van der Waals surface area contributed by atoms with Crippen molar-refractivity contribution in [3.63, 3.8) is 0 Å². The molecule has 3 aliphatic heterocycles. The van der Waals surface area contributed by atoms with Crippen molar-refractivity contribution in [3.8, 4) is 0 Å². The number of carbonyl (C=O) groups is 6. The Kier molecular flexibility index (Phi) is 19.5. The Morgan fingerprint density at radius 1 is 0.787 bits per heavy atom. The summed E-state index contributed by atoms with van der Waals surface area (Å²) in [6, 6.07) is 8.82. The number of cyclic esters (lactones) is 1. The van der Waals surface area contributed by atoms with Crippen LogP contribution in [0, 0.1) is 0 Å². The number of esters is 5. The van der Waals surface area contributed by atoms with Crippen LogP contribution in [0.4, 0.5) is 0 Å². The van der Waals surface area contributed by atoms with Crippen molar-refractivity contribution in [3.05, 3.63) is 53.6 Å². The standard InChI is InChI=1S/C44H60O17/c1-7-15-30-18-13-10-14-19-32(55-27(5)45)31(47)21-23-34(48)53-24-33-39(59-35(49)22-20-29-16-11-9-12-17-29)40(60-42(52)25(3)8-2)37(51)43(58-33)61-41-36(50)38(56-28(6)46)26(4)54-44(41)57-30/h8-9,11-12,16-17,20,22,26,30,32-33,36-41,43-44,50-51H,7,10,13-15,18-19,21,23-24H2,1-6H3. The van der Waals surface area contributed by atoms with Gasteiger partial charge >= 0.3 is 29.8 Å². The molecule has 3 heterocycles. The molecule has 12 unspecified atom stereocenters. The first-order chi connectivity index (χ1) is 29.1. The molecule has 0 aromatic heterocycles. The van der Waals surface area contributed by atoms with E-state index in [-0.39, 0.29) is 18.4 Å². The first kappa shape index (κ1) is 49.1. The summed E-state index contributed by atoms with van der Waals surface area (Å²) in [6.07, 6.45) is -9.46. The molecule has 61 heavy (non-hydrogen) atoms. The van der Waals surface area contributed by atoms with Gasteiger partial charge in [-0.05, 0) is 58.1 Å². The van der Waals surface area contributed by atoms with Gasteiger partial charge in [0.05, 0.1) is 18.6 Å². The Bertz CT molecular complexity index is 1690. The van der Waals surface area contributed by atoms with E-state index in [1.807, 2.05) is 6.92 Å². The molecule has 17 nitrogen and oxygen atoms in total. The Labute approximate surface area is 355 Å². The second-order valence-corrected chi connectivity index (χ2v) is 15.3. The Morgan fingerprint density at radius 3 is 2.16 bits per heavy atom. The van der Waals surface area contributed by atoms with Gasteiger partial charge in [0.25, 0.3) is 0 Å². The number of allylic oxidation sites excluding steroid dienone is 1. The summed E-state index contributed by atoms with van der Waals surface area (Å²) in [6.45, 7) is 8.31. The number of ether oxygens (including phenoxy) is 9. The van der Waals surface area contributed by atoms with Gasteiger partial charge in [0, 0.05) is 31.9 Å². The minimum absolute atomic E-state index is 0.141. The summed E-state index contributed by atoms with van der Waals surface area (Å²) in [5.74, 6) is -4.51. The van der Waals surface area contributed by atoms with Gasteiger partial charge < -0.3 is 52.8 Å². The van der Waals surface area contributed by atoms with Crippen LogP contribution in [-0.4, -0.2) is 126 Å². The van der Waals surface area contributed by atoms with Crippen molar-refractivity contribution in [2.24, 2.45) is 0 Å². The van der Waals surface area contributed by atoms with Crippen LogP contribution in [0.1, 0.15) is 105 Å². The van der Waals surface area contributed by atoms with Gasteiger partial charge in [-0.15, -0.1) is 0 Å². The summed E-state index contributed by atoms with van der Waals surface area (Å²) in [4.78, 5) is 77.1. The van der Waals surface area contributed by atoms with E-state index in [0.717, 1.165) is 6.08 Å². The third kappa shape index (κ3) is 14.8. The molecular weight excluding hydrogens is 800 g/mol. The lowest BCUT2D eigenvalue weighted by Crippen LogP contribution is -2.65. The zero-order valence-electron chi connectivity index (χ0n) is 35.6. The van der Waals surface area contributed by atoms with E-state index in [1.54, 1.807) is 44.2 Å². The van der Waals surface area contributed by atoms with Crippen LogP contribution in [-0.2, 0) is 71.4 Å². The lowest BCUT2D eigenvalue weighted by molar-refractivity contribution is -0.369. The number of benzene rings is 1. The Balaban J connectivity index is 1.77. The van der Waals surface area contributed by atoms with Crippen LogP contribution >= 0.6 is 0 Å². The van der Waals surface area contributed by atoms with Gasteiger partial charge in [-0.2, -0.15) is 0 Å². The largest absolute Gasteiger partial charge is 0.463 e. The average molecular weight is 861 g/mol. The average Bonchev–Trinajstić information content (AvgIpc) is 3.22. The molecule has 2 bridgehead atoms. The van der Waals surface area contributed by atoms with Crippen LogP contribution in [0.2, 0.25) is 0 Å². The smallest absolute Gasteiger partial charge is 0.333 e. The summed E-state index contributed by atoms with van der Waals surface area (Å²) < 4.78 is 53.0. The molecule has 3 fully saturated rings. The van der Waals surface area contributed by atoms with Gasteiger partial charge in [-0.25, -0.2) is 9.59 Å². The molecule has 1 aromatic rings. The lowest BCUT2D eigenvalue weighted by atomic mass is 9.96. The van der Waals surface area contributed by atoms with Crippen molar-refractivity contribution >= 4 is 41.7 Å². The van der Waals surface area contributed by atoms with Crippen molar-refractivity contribution in [1.82, 2.24) is 0 Å². The van der Waals surface area contributed by atoms with E-state index in [1.165, 1.54) is 32.9 Å². The molecule has 0 saturated carbocycles. The van der Waals surface area contributed by atoms with Crippen LogP contribution in [0.3, 0.4) is 0 Å². The van der Waals surface area contributed by atoms with Crippen molar-refractivity contribution < 1.29 is 81.6 Å². The molecule has 3 saturated heterocycles. The normalized spacial score (nSPS) is 32.4. The maximum Gasteiger partial charge on any atom is 0.333 e. The van der Waals surface area contributed by atoms with Gasteiger partial charge in [0.1, 0.15) is 31.0 Å². The van der Waals surface area contributed by atoms with E-state index < -0.39 is 122 Å². The predicted octanol–water partition coefficient (Wildman–Crippen LogP) is 3.97. The molecule has 1 aromatic carbocycles. The Hall–Kier alpha value is -4.52. The summed E-state index contributed by atoms with van der Waals surface area (Å²) in [7, 11) is 0. The van der Waals surface area contributed by atoms with E-state index in [0.29, 0.717) is 44.1 Å². The van der Waals surface area contributed by atoms with Gasteiger partial charge in [-0.1, -0.05) is 62.6 Å². The van der Waals surface area contributed by atoms with Crippen LogP contribution in [0.15, 0.2) is 48.1 Å². The van der Waals surface area contributed by atoms with Crippen LogP contribution in [0.25, 0.3) is 6.08 Å². The zero-order valence-corrected chi connectivity index (χ0v) is 35.6. The fourth-order valence-electron chi connectivity index (χ4n) is 7.20. The zero-order chi connectivity index (χ0) is 44.6. The molecule has 338 valence electrons. The minimum Gasteiger partial charge on any atom is -0.463 e. The first-order valence-corrected chi connectivity index (χ1v) is 20.9. The summed E-state index contributed by atoms with van der Waals surface area (Å²) in [5, 5.41) is 23.7. The number of fused-ring (bicyclic) bond motifs is 3. The molecule has 4 rings (SSSR count). The van der Waals surface area contributed by atoms with Gasteiger partial charge in [-0.3, -0.25) is 19.2 Å². The van der Waals surface area contributed by atoms with Crippen LogP contribution < -0.4 is 0 Å². The highest BCUT2D eigenvalue weighted by Crippen LogP contribution is 2.34. The molecule has 0 spiro atoms. The van der Waals surface area contributed by atoms with E-state index in [4.69, 9.17) is 42.6 Å². The maximum absolute atomic E-state index is 13.4. The second kappa shape index (κ2) is 24.2. The predicted molar refractivity (Wildman–Crippen MR) is 214 cm³/mol. The number of aliphatic hydroxyl groups excluding tert-OH is 2. The number of rotatable bonds is 9. The number of aliphatic hydroxyl groups is 2. The molecule has 0 amide bonds. The minimum atomic E-state index is -1.92. The summed E-state index contributed by atoms with van der Waals surface area (Å²) in [5.41, 5.74) is 0.803. The SMILES string of the molecule is CC=C(C)C(=O)OC1C(O)C2OC(COC(=O)CCC(=O)C(OC(C)=O)CCCCCC(CCC)OC3OC(C)C(OC(C)=O)C(O)C3O2)C1OC(=O)C=Cc1ccccc1. The monoisotopic (exact) mass is 860 g/mol. The lowest BCUT2D eigenvalue weighted by Gasteiger charge is -2.47. The molecule has 0 radical (unpaired) electrons. The number of hydrogen-bond acceptors (Lipinski definition) is 17. The highest BCUT2D eigenvalue weighted by Gasteiger charge is 2.55. The maximum atomic E-state index is 13.4. The molecular formula is C44H60O17. The van der Waals surface area contributed by atoms with Crippen molar-refractivity contribution in [2.45, 2.75) is 173 Å². The Morgan fingerprint density at radius 2 is 1.49 bits per heavy atom. The third-order valence-electron chi connectivity index (χ3n) is 10.5. The third-order valence-corrected chi connectivity index (χ3v) is 10.5. The fourth-order valence-corrected chi connectivity index (χ4v) is 7.20. The fraction of sp³-hybridized carbons (Fsp3) is 0.636. The van der Waals surface area contributed by atoms with Crippen molar-refractivity contribution in [1.29, 1.82) is 0 Å². The number of Topliss-reactive ketones (excluding diaryl/α,β-unsaturated/α-hetero) is 1. The quantitative estimate of drug-likeness (QED) is 0.203. The molecule has 17 heteroatoms. The molecule has 12 atom stereocenters. The topological polar surface area (TPSA) is 226 Å². The highest BCUT2D eigenvalue weighted by atomic mass is 16.8. The van der Waals surface area contributed by atoms with Crippen LogP contribution in [0.5, 0.6) is 0 Å². The molecule has 3 aliphatic rings. The number of hydrogen-bond donors (Lipinski definition) is 2. The van der Waals surface area contributed by atoms with Crippen molar-refractivity contribution in [2.75, 3.05) is 6.61 Å². The van der Waals surface area contributed by atoms with E-state index >= 15 is 0 Å².